The normalized spacial score (nSPS) is 17.0. The molecule has 1 aliphatic rings. The second-order valence-corrected chi connectivity index (χ2v) is 8.27. The van der Waals surface area contributed by atoms with Crippen LogP contribution in [0.15, 0.2) is 114 Å². The molecule has 170 valence electrons. The first-order valence-corrected chi connectivity index (χ1v) is 11.4. The maximum Gasteiger partial charge on any atom is 0.189 e. The van der Waals surface area contributed by atoms with E-state index in [-0.39, 0.29) is 12.1 Å². The smallest absolute Gasteiger partial charge is 0.189 e. The average molecular weight is 450 g/mol. The molecule has 1 heterocycles. The van der Waals surface area contributed by atoms with Crippen LogP contribution in [0.5, 0.6) is 11.5 Å². The Hall–Kier alpha value is -4.25. The number of rotatable bonds is 8. The lowest BCUT2D eigenvalue weighted by molar-refractivity contribution is 0.306. The largest absolute Gasteiger partial charge is 0.489 e. The van der Waals surface area contributed by atoms with Crippen LogP contribution in [0.2, 0.25) is 0 Å². The molecular weight excluding hydrogens is 422 g/mol. The quantitative estimate of drug-likeness (QED) is 0.370. The van der Waals surface area contributed by atoms with E-state index in [4.69, 9.17) is 15.2 Å². The van der Waals surface area contributed by atoms with Gasteiger partial charge in [0.1, 0.15) is 30.8 Å². The molecule has 4 aromatic carbocycles. The van der Waals surface area contributed by atoms with Crippen LogP contribution < -0.4 is 20.5 Å². The highest BCUT2D eigenvalue weighted by Gasteiger charge is 2.30. The first kappa shape index (κ1) is 21.6. The summed E-state index contributed by atoms with van der Waals surface area (Å²) in [5.74, 6) is 2.10. The summed E-state index contributed by atoms with van der Waals surface area (Å²) in [5.41, 5.74) is 10.5. The third kappa shape index (κ3) is 5.21. The first-order chi connectivity index (χ1) is 16.7. The summed E-state index contributed by atoms with van der Waals surface area (Å²) in [5, 5.41) is 3.31. The lowest BCUT2D eigenvalue weighted by atomic mass is 9.95. The van der Waals surface area contributed by atoms with Gasteiger partial charge in [0.15, 0.2) is 5.96 Å². The lowest BCUT2D eigenvalue weighted by Gasteiger charge is -2.20. The number of guanidine groups is 1. The van der Waals surface area contributed by atoms with E-state index in [1.807, 2.05) is 60.7 Å². The Labute approximate surface area is 199 Å². The fourth-order valence-corrected chi connectivity index (χ4v) is 4.05. The Morgan fingerprint density at radius 2 is 1.09 bits per heavy atom. The molecule has 4 aromatic rings. The predicted octanol–water partition coefficient (Wildman–Crippen LogP) is 5.54. The maximum absolute atomic E-state index is 6.06. The van der Waals surface area contributed by atoms with E-state index in [0.717, 1.165) is 33.8 Å². The fourth-order valence-electron chi connectivity index (χ4n) is 4.05. The molecule has 0 spiro atoms. The Morgan fingerprint density at radius 3 is 1.59 bits per heavy atom. The van der Waals surface area contributed by atoms with Crippen molar-refractivity contribution in [2.45, 2.75) is 25.3 Å². The molecule has 5 heteroatoms. The van der Waals surface area contributed by atoms with Crippen LogP contribution in [0, 0.1) is 0 Å². The van der Waals surface area contributed by atoms with E-state index < -0.39 is 0 Å². The van der Waals surface area contributed by atoms with Gasteiger partial charge in [0.05, 0.1) is 6.04 Å². The van der Waals surface area contributed by atoms with Gasteiger partial charge in [0, 0.05) is 0 Å². The molecule has 0 fully saturated rings. The molecule has 2 atom stereocenters. The highest BCUT2D eigenvalue weighted by atomic mass is 16.5. The van der Waals surface area contributed by atoms with Crippen molar-refractivity contribution in [1.29, 1.82) is 0 Å². The van der Waals surface area contributed by atoms with Crippen LogP contribution in [0.3, 0.4) is 0 Å². The van der Waals surface area contributed by atoms with E-state index in [2.05, 4.69) is 58.8 Å². The van der Waals surface area contributed by atoms with Crippen LogP contribution in [0.4, 0.5) is 0 Å². The topological polar surface area (TPSA) is 68.9 Å². The summed E-state index contributed by atoms with van der Waals surface area (Å²) in [7, 11) is 0. The van der Waals surface area contributed by atoms with Crippen molar-refractivity contribution >= 4 is 5.96 Å². The van der Waals surface area contributed by atoms with Crippen molar-refractivity contribution in [1.82, 2.24) is 5.32 Å². The third-order valence-electron chi connectivity index (χ3n) is 5.85. The number of aliphatic imine (C=N–C) groups is 1. The minimum absolute atomic E-state index is 0.0424. The molecule has 0 aliphatic carbocycles. The SMILES string of the molecule is NC1=NC(c2ccc(OCc3ccccc3)cc2)[C@@H](c2ccc(OCc3ccccc3)cc2)N1. The zero-order chi connectivity index (χ0) is 23.2. The number of ether oxygens (including phenoxy) is 2. The standard InChI is InChI=1S/C29H27N3O2/c30-29-31-27(23-11-15-25(16-12-23)33-19-21-7-3-1-4-8-21)28(32-29)24-13-17-26(18-14-24)34-20-22-9-5-2-6-10-22/h1-18,27-28H,19-20H2,(H3,30,31,32)/t27-,28?/m1/s1. The molecular formula is C29H27N3O2. The molecule has 34 heavy (non-hydrogen) atoms. The molecule has 0 amide bonds. The molecule has 5 nitrogen and oxygen atoms in total. The van der Waals surface area contributed by atoms with Gasteiger partial charge >= 0.3 is 0 Å². The molecule has 0 aromatic heterocycles. The van der Waals surface area contributed by atoms with Crippen molar-refractivity contribution < 1.29 is 9.47 Å². The molecule has 0 bridgehead atoms. The maximum atomic E-state index is 6.06. The molecule has 1 unspecified atom stereocenters. The Kier molecular flexibility index (Phi) is 6.43. The summed E-state index contributed by atoms with van der Waals surface area (Å²) in [6, 6.07) is 36.3. The van der Waals surface area contributed by atoms with Crippen LogP contribution in [-0.2, 0) is 13.2 Å². The van der Waals surface area contributed by atoms with Crippen LogP contribution in [0.25, 0.3) is 0 Å². The van der Waals surface area contributed by atoms with E-state index in [0.29, 0.717) is 19.2 Å². The number of nitrogens with one attached hydrogen (secondary N) is 1. The Balaban J connectivity index is 1.24. The molecule has 0 saturated carbocycles. The van der Waals surface area contributed by atoms with E-state index in [1.165, 1.54) is 0 Å². The summed E-state index contributed by atoms with van der Waals surface area (Å²) in [4.78, 5) is 4.65. The Bertz CT molecular complexity index is 1220. The number of nitrogens with two attached hydrogens (primary N) is 1. The third-order valence-corrected chi connectivity index (χ3v) is 5.85. The Morgan fingerprint density at radius 1 is 0.618 bits per heavy atom. The summed E-state index contributed by atoms with van der Waals surface area (Å²) >= 11 is 0. The molecule has 0 radical (unpaired) electrons. The number of nitrogens with zero attached hydrogens (tertiary/aromatic N) is 1. The number of hydrogen-bond donors (Lipinski definition) is 2. The molecule has 3 N–H and O–H groups in total. The van der Waals surface area contributed by atoms with Gasteiger partial charge in [-0.15, -0.1) is 0 Å². The minimum atomic E-state index is -0.112. The van der Waals surface area contributed by atoms with Crippen LogP contribution in [-0.4, -0.2) is 5.96 Å². The van der Waals surface area contributed by atoms with Gasteiger partial charge in [-0.3, -0.25) is 0 Å². The number of benzene rings is 4. The van der Waals surface area contributed by atoms with Crippen LogP contribution >= 0.6 is 0 Å². The highest BCUT2D eigenvalue weighted by molar-refractivity contribution is 5.81. The average Bonchev–Trinajstić information content (AvgIpc) is 3.29. The fraction of sp³-hybridized carbons (Fsp3) is 0.138. The highest BCUT2D eigenvalue weighted by Crippen LogP contribution is 2.36. The van der Waals surface area contributed by atoms with Crippen LogP contribution in [0.1, 0.15) is 34.3 Å². The lowest BCUT2D eigenvalue weighted by Crippen LogP contribution is -2.30. The monoisotopic (exact) mass is 449 g/mol. The van der Waals surface area contributed by atoms with Gasteiger partial charge < -0.3 is 20.5 Å². The minimum Gasteiger partial charge on any atom is -0.489 e. The van der Waals surface area contributed by atoms with Crippen molar-refractivity contribution in [2.24, 2.45) is 10.7 Å². The van der Waals surface area contributed by atoms with E-state index in [1.54, 1.807) is 0 Å². The van der Waals surface area contributed by atoms with Gasteiger partial charge in [-0.2, -0.15) is 0 Å². The zero-order valence-corrected chi connectivity index (χ0v) is 18.8. The molecule has 1 aliphatic heterocycles. The van der Waals surface area contributed by atoms with Crippen molar-refractivity contribution in [3.05, 3.63) is 131 Å². The predicted molar refractivity (Wildman–Crippen MR) is 135 cm³/mol. The first-order valence-electron chi connectivity index (χ1n) is 11.4. The summed E-state index contributed by atoms with van der Waals surface area (Å²) in [6.45, 7) is 1.08. The van der Waals surface area contributed by atoms with Gasteiger partial charge in [-0.25, -0.2) is 4.99 Å². The number of hydrogen-bond acceptors (Lipinski definition) is 5. The van der Waals surface area contributed by atoms with Gasteiger partial charge in [0.2, 0.25) is 0 Å². The van der Waals surface area contributed by atoms with Crippen molar-refractivity contribution in [3.8, 4) is 11.5 Å². The van der Waals surface area contributed by atoms with Gasteiger partial charge in [-0.05, 0) is 46.5 Å². The summed E-state index contributed by atoms with van der Waals surface area (Å²) < 4.78 is 11.8. The molecule has 5 rings (SSSR count). The van der Waals surface area contributed by atoms with Crippen molar-refractivity contribution in [2.75, 3.05) is 0 Å². The van der Waals surface area contributed by atoms with E-state index >= 15 is 0 Å². The van der Waals surface area contributed by atoms with Gasteiger partial charge in [-0.1, -0.05) is 84.9 Å². The second kappa shape index (κ2) is 10.1. The molecule has 0 saturated heterocycles. The zero-order valence-electron chi connectivity index (χ0n) is 18.8. The van der Waals surface area contributed by atoms with Gasteiger partial charge in [0.25, 0.3) is 0 Å². The van der Waals surface area contributed by atoms with Crippen molar-refractivity contribution in [3.63, 3.8) is 0 Å². The van der Waals surface area contributed by atoms with E-state index in [9.17, 15) is 0 Å². The second-order valence-electron chi connectivity index (χ2n) is 8.27. The summed E-state index contributed by atoms with van der Waals surface area (Å²) in [6.07, 6.45) is 0.